The maximum atomic E-state index is 10.9. The Bertz CT molecular complexity index is 172. The fourth-order valence-electron chi connectivity index (χ4n) is 1.19. The zero-order valence-corrected chi connectivity index (χ0v) is 7.03. The molecule has 2 heteroatoms. The number of carbonyl (C=O) groups excluding carboxylic acids is 1. The van der Waals surface area contributed by atoms with E-state index in [9.17, 15) is 4.79 Å². The molecule has 0 spiro atoms. The number of rotatable bonds is 1. The van der Waals surface area contributed by atoms with Gasteiger partial charge in [-0.2, -0.15) is 0 Å². The van der Waals surface area contributed by atoms with E-state index in [1.54, 1.807) is 6.92 Å². The molecule has 1 aliphatic rings. The third-order valence-corrected chi connectivity index (χ3v) is 2.37. The molecule has 0 fully saturated rings. The van der Waals surface area contributed by atoms with Gasteiger partial charge in [0.2, 0.25) is 0 Å². The molecule has 1 unspecified atom stereocenters. The van der Waals surface area contributed by atoms with Crippen LogP contribution in [-0.4, -0.2) is 5.78 Å². The predicted octanol–water partition coefficient (Wildman–Crippen LogP) is 2.19. The van der Waals surface area contributed by atoms with Gasteiger partial charge in [0.15, 0.2) is 0 Å². The van der Waals surface area contributed by atoms with Gasteiger partial charge in [-0.3, -0.25) is 4.79 Å². The van der Waals surface area contributed by atoms with Gasteiger partial charge >= 0.3 is 0 Å². The minimum atomic E-state index is 0.274. The van der Waals surface area contributed by atoms with Crippen LogP contribution in [0.4, 0.5) is 0 Å². The molecule has 0 radical (unpaired) electrons. The summed E-state index contributed by atoms with van der Waals surface area (Å²) in [5, 5.41) is 0. The maximum absolute atomic E-state index is 10.9. The van der Waals surface area contributed by atoms with Crippen molar-refractivity contribution >= 4 is 18.4 Å². The van der Waals surface area contributed by atoms with Crippen LogP contribution in [0.25, 0.3) is 0 Å². The van der Waals surface area contributed by atoms with Crippen LogP contribution in [-0.2, 0) is 4.79 Å². The van der Waals surface area contributed by atoms with Gasteiger partial charge in [0.25, 0.3) is 0 Å². The van der Waals surface area contributed by atoms with Crippen LogP contribution >= 0.6 is 12.6 Å². The number of hydrogen-bond acceptors (Lipinski definition) is 2. The Morgan fingerprint density at radius 3 is 2.90 bits per heavy atom. The summed E-state index contributed by atoms with van der Waals surface area (Å²) in [7, 11) is 0. The predicted molar refractivity (Wildman–Crippen MR) is 45.1 cm³/mol. The molecule has 1 atom stereocenters. The lowest BCUT2D eigenvalue weighted by atomic mass is 9.91. The Morgan fingerprint density at radius 1 is 1.80 bits per heavy atom. The van der Waals surface area contributed by atoms with Crippen molar-refractivity contribution in [2.45, 2.75) is 26.2 Å². The first-order chi connectivity index (χ1) is 4.70. The molecule has 0 amide bonds. The van der Waals surface area contributed by atoms with Gasteiger partial charge in [0.05, 0.1) is 0 Å². The second-order valence-electron chi connectivity index (χ2n) is 2.78. The van der Waals surface area contributed by atoms with E-state index in [0.717, 1.165) is 24.2 Å². The molecule has 0 saturated heterocycles. The van der Waals surface area contributed by atoms with Gasteiger partial charge < -0.3 is 0 Å². The average Bonchev–Trinajstić information content (AvgIpc) is 1.88. The van der Waals surface area contributed by atoms with E-state index in [1.807, 2.05) is 0 Å². The number of ketones is 1. The van der Waals surface area contributed by atoms with Crippen molar-refractivity contribution in [3.05, 3.63) is 11.0 Å². The highest BCUT2D eigenvalue weighted by molar-refractivity contribution is 7.84. The first-order valence-electron chi connectivity index (χ1n) is 3.58. The van der Waals surface area contributed by atoms with Crippen LogP contribution in [0.15, 0.2) is 11.0 Å². The number of thiol groups is 1. The molecule has 0 aliphatic heterocycles. The van der Waals surface area contributed by atoms with Gasteiger partial charge in [-0.1, -0.05) is 6.08 Å². The van der Waals surface area contributed by atoms with E-state index < -0.39 is 0 Å². The SMILES string of the molecule is CC(=O)C1CC=C(S)CC1. The van der Waals surface area contributed by atoms with Crippen molar-refractivity contribution in [3.63, 3.8) is 0 Å². The van der Waals surface area contributed by atoms with Gasteiger partial charge in [0.1, 0.15) is 5.78 Å². The van der Waals surface area contributed by atoms with Crippen molar-refractivity contribution in [1.82, 2.24) is 0 Å². The Hall–Kier alpha value is -0.240. The standard InChI is InChI=1S/C8H12OS/c1-6(9)7-2-4-8(10)5-3-7/h4,7,10H,2-3,5H2,1H3. The van der Waals surface area contributed by atoms with Crippen molar-refractivity contribution in [2.75, 3.05) is 0 Å². The highest BCUT2D eigenvalue weighted by Crippen LogP contribution is 2.25. The zero-order chi connectivity index (χ0) is 7.56. The first kappa shape index (κ1) is 7.86. The molecule has 0 aromatic heterocycles. The quantitative estimate of drug-likeness (QED) is 0.576. The van der Waals surface area contributed by atoms with Gasteiger partial charge in [-0.25, -0.2) is 0 Å². The molecule has 0 saturated carbocycles. The molecule has 56 valence electrons. The molecule has 1 aliphatic carbocycles. The Morgan fingerprint density at radius 2 is 2.50 bits per heavy atom. The van der Waals surface area contributed by atoms with Crippen molar-refractivity contribution < 1.29 is 4.79 Å². The second kappa shape index (κ2) is 3.24. The fraction of sp³-hybridized carbons (Fsp3) is 0.625. The Balaban J connectivity index is 2.50. The van der Waals surface area contributed by atoms with Gasteiger partial charge in [0, 0.05) is 5.92 Å². The molecule has 10 heavy (non-hydrogen) atoms. The second-order valence-corrected chi connectivity index (χ2v) is 3.35. The highest BCUT2D eigenvalue weighted by Gasteiger charge is 2.16. The van der Waals surface area contributed by atoms with E-state index in [4.69, 9.17) is 0 Å². The molecule has 0 aromatic rings. The van der Waals surface area contributed by atoms with Gasteiger partial charge in [-0.05, 0) is 31.1 Å². The molecule has 0 aromatic carbocycles. The van der Waals surface area contributed by atoms with Crippen molar-refractivity contribution in [1.29, 1.82) is 0 Å². The molecular weight excluding hydrogens is 144 g/mol. The fourth-order valence-corrected chi connectivity index (χ4v) is 1.42. The Labute approximate surface area is 66.9 Å². The number of Topliss-reactive ketones (excluding diaryl/α,β-unsaturated/α-hetero) is 1. The van der Waals surface area contributed by atoms with Crippen LogP contribution in [0, 0.1) is 5.92 Å². The Kier molecular flexibility index (Phi) is 2.55. The normalized spacial score (nSPS) is 25.8. The van der Waals surface area contributed by atoms with Crippen LogP contribution in [0.2, 0.25) is 0 Å². The summed E-state index contributed by atoms with van der Waals surface area (Å²) < 4.78 is 0. The minimum Gasteiger partial charge on any atom is -0.300 e. The zero-order valence-electron chi connectivity index (χ0n) is 6.13. The smallest absolute Gasteiger partial charge is 0.133 e. The number of allylic oxidation sites excluding steroid dienone is 2. The number of carbonyl (C=O) groups is 1. The van der Waals surface area contributed by atoms with E-state index >= 15 is 0 Å². The van der Waals surface area contributed by atoms with Crippen molar-refractivity contribution in [2.24, 2.45) is 5.92 Å². The van der Waals surface area contributed by atoms with Crippen molar-refractivity contribution in [3.8, 4) is 0 Å². The molecule has 1 nitrogen and oxygen atoms in total. The van der Waals surface area contributed by atoms with Crippen LogP contribution in [0.5, 0.6) is 0 Å². The summed E-state index contributed by atoms with van der Waals surface area (Å²) in [6.07, 6.45) is 4.92. The first-order valence-corrected chi connectivity index (χ1v) is 4.03. The lowest BCUT2D eigenvalue weighted by molar-refractivity contribution is -0.120. The summed E-state index contributed by atoms with van der Waals surface area (Å²) in [4.78, 5) is 12.0. The lowest BCUT2D eigenvalue weighted by Crippen LogP contribution is -2.12. The molecular formula is C8H12OS. The number of hydrogen-bond donors (Lipinski definition) is 1. The van der Waals surface area contributed by atoms with E-state index in [0.29, 0.717) is 5.78 Å². The average molecular weight is 156 g/mol. The monoisotopic (exact) mass is 156 g/mol. The van der Waals surface area contributed by atoms with Crippen LogP contribution in [0.1, 0.15) is 26.2 Å². The van der Waals surface area contributed by atoms with E-state index in [1.165, 1.54) is 0 Å². The maximum Gasteiger partial charge on any atom is 0.133 e. The lowest BCUT2D eigenvalue weighted by Gasteiger charge is -2.16. The van der Waals surface area contributed by atoms with E-state index in [-0.39, 0.29) is 5.92 Å². The highest BCUT2D eigenvalue weighted by atomic mass is 32.1. The topological polar surface area (TPSA) is 17.1 Å². The van der Waals surface area contributed by atoms with E-state index in [2.05, 4.69) is 18.7 Å². The molecule has 0 N–H and O–H groups in total. The minimum absolute atomic E-state index is 0.274. The summed E-state index contributed by atoms with van der Waals surface area (Å²) >= 11 is 4.22. The summed E-state index contributed by atoms with van der Waals surface area (Å²) in [6, 6.07) is 0. The third kappa shape index (κ3) is 1.87. The molecule has 0 heterocycles. The van der Waals surface area contributed by atoms with Crippen LogP contribution < -0.4 is 0 Å². The van der Waals surface area contributed by atoms with Crippen LogP contribution in [0.3, 0.4) is 0 Å². The summed E-state index contributed by atoms with van der Waals surface area (Å²) in [5.74, 6) is 0.591. The largest absolute Gasteiger partial charge is 0.300 e. The third-order valence-electron chi connectivity index (χ3n) is 1.96. The summed E-state index contributed by atoms with van der Waals surface area (Å²) in [5.41, 5.74) is 0. The molecule has 1 rings (SSSR count). The molecule has 0 bridgehead atoms. The summed E-state index contributed by atoms with van der Waals surface area (Å²) in [6.45, 7) is 1.67. The van der Waals surface area contributed by atoms with Gasteiger partial charge in [-0.15, -0.1) is 12.6 Å².